The molecule has 0 bridgehead atoms. The summed E-state index contributed by atoms with van der Waals surface area (Å²) in [6, 6.07) is 8.32. The number of phenolic OH excluding ortho intramolecular Hbond substituents is 1. The van der Waals surface area contributed by atoms with Crippen molar-refractivity contribution in [3.8, 4) is 17.6 Å². The zero-order valence-electron chi connectivity index (χ0n) is 16.6. The molecule has 1 heterocycles. The summed E-state index contributed by atoms with van der Waals surface area (Å²) in [5, 5.41) is 20.0. The van der Waals surface area contributed by atoms with E-state index >= 15 is 0 Å². The van der Waals surface area contributed by atoms with Crippen LogP contribution in [0.1, 0.15) is 34.2 Å². The smallest absolute Gasteiger partial charge is 0.417 e. The molecule has 166 valence electrons. The number of rotatable bonds is 6. The van der Waals surface area contributed by atoms with Crippen LogP contribution in [0.25, 0.3) is 0 Å². The molecule has 0 aliphatic carbocycles. The van der Waals surface area contributed by atoms with E-state index in [9.17, 15) is 18.3 Å². The lowest BCUT2D eigenvalue weighted by Gasteiger charge is -2.10. The Morgan fingerprint density at radius 1 is 1.12 bits per heavy atom. The highest BCUT2D eigenvalue weighted by Gasteiger charge is 2.33. The maximum absolute atomic E-state index is 13.3. The number of aliphatic imine (C=N–C) groups is 1. The van der Waals surface area contributed by atoms with Crippen LogP contribution in [0.5, 0.6) is 5.75 Å². The Kier molecular flexibility index (Phi) is 7.25. The number of halogens is 3. The average Bonchev–Trinajstić information content (AvgIpc) is 3.30. The van der Waals surface area contributed by atoms with E-state index in [1.54, 1.807) is 12.1 Å². The third kappa shape index (κ3) is 5.96. The van der Waals surface area contributed by atoms with Gasteiger partial charge in [-0.2, -0.15) is 13.2 Å². The van der Waals surface area contributed by atoms with Crippen molar-refractivity contribution in [3.63, 3.8) is 0 Å². The highest BCUT2D eigenvalue weighted by Crippen LogP contribution is 2.33. The lowest BCUT2D eigenvalue weighted by Crippen LogP contribution is -2.35. The zero-order valence-corrected chi connectivity index (χ0v) is 16.6. The van der Waals surface area contributed by atoms with Crippen molar-refractivity contribution in [2.24, 2.45) is 26.3 Å². The van der Waals surface area contributed by atoms with Crippen LogP contribution < -0.4 is 22.3 Å². The normalized spacial score (nSPS) is 13.5. The fourth-order valence-electron chi connectivity index (χ4n) is 2.90. The van der Waals surface area contributed by atoms with Crippen molar-refractivity contribution in [3.05, 3.63) is 64.2 Å². The molecule has 0 fully saturated rings. The number of alkyl halides is 3. The van der Waals surface area contributed by atoms with Crippen LogP contribution in [0.3, 0.4) is 0 Å². The maximum Gasteiger partial charge on any atom is 0.417 e. The summed E-state index contributed by atoms with van der Waals surface area (Å²) in [7, 11) is 0. The Labute approximate surface area is 181 Å². The quantitative estimate of drug-likeness (QED) is 0.0888. The van der Waals surface area contributed by atoms with Crippen molar-refractivity contribution < 1.29 is 18.3 Å². The Bertz CT molecular complexity index is 1120. The topological polar surface area (TPSA) is 132 Å². The van der Waals surface area contributed by atoms with Gasteiger partial charge >= 0.3 is 6.18 Å². The summed E-state index contributed by atoms with van der Waals surface area (Å²) < 4.78 is 39.9. The minimum Gasteiger partial charge on any atom is -0.508 e. The molecule has 12 heteroatoms. The summed E-state index contributed by atoms with van der Waals surface area (Å²) >= 11 is 0. The van der Waals surface area contributed by atoms with Gasteiger partial charge in [0.25, 0.3) is 0 Å². The Hall–Kier alpha value is -4.11. The number of phenols is 1. The van der Waals surface area contributed by atoms with E-state index in [2.05, 4.69) is 48.8 Å². The van der Waals surface area contributed by atoms with Crippen molar-refractivity contribution >= 4 is 12.2 Å². The number of hydrazone groups is 1. The van der Waals surface area contributed by atoms with Gasteiger partial charge in [-0.15, -0.1) is 15.8 Å². The molecule has 9 nitrogen and oxygen atoms in total. The van der Waals surface area contributed by atoms with Gasteiger partial charge in [0.15, 0.2) is 5.84 Å². The van der Waals surface area contributed by atoms with Gasteiger partial charge in [-0.1, -0.05) is 17.1 Å². The predicted octanol–water partition coefficient (Wildman–Crippen LogP) is 2.37. The number of hydrogen-bond acceptors (Lipinski definition) is 7. The van der Waals surface area contributed by atoms with Gasteiger partial charge in [-0.3, -0.25) is 10.4 Å². The largest absolute Gasteiger partial charge is 0.508 e. The SMILES string of the molecule is NN=NC=NCCCc1cc(C2=NNNN2)ccc1C#Cc1ccc(O)cc1C(F)(F)F. The molecular formula is C20H19F3N8O. The molecule has 0 atom stereocenters. The van der Waals surface area contributed by atoms with Crippen LogP contribution in [-0.2, 0) is 12.6 Å². The molecule has 0 spiro atoms. The molecular weight excluding hydrogens is 425 g/mol. The lowest BCUT2D eigenvalue weighted by atomic mass is 9.98. The molecule has 0 aromatic heterocycles. The summed E-state index contributed by atoms with van der Waals surface area (Å²) in [6.07, 6.45) is -2.20. The molecule has 0 radical (unpaired) electrons. The number of nitrogens with one attached hydrogen (secondary N) is 3. The van der Waals surface area contributed by atoms with Gasteiger partial charge < -0.3 is 10.9 Å². The van der Waals surface area contributed by atoms with Crippen LogP contribution in [0.15, 0.2) is 56.8 Å². The van der Waals surface area contributed by atoms with Gasteiger partial charge in [-0.05, 0) is 54.8 Å². The second-order valence-electron chi connectivity index (χ2n) is 6.53. The number of benzene rings is 2. The van der Waals surface area contributed by atoms with Crippen molar-refractivity contribution in [2.75, 3.05) is 6.54 Å². The van der Waals surface area contributed by atoms with Crippen LogP contribution in [0, 0.1) is 11.8 Å². The first-order valence-electron chi connectivity index (χ1n) is 9.36. The van der Waals surface area contributed by atoms with Crippen LogP contribution in [0.2, 0.25) is 0 Å². The standard InChI is InChI=1S/C20H19F3N8O/c21-20(22,23)18-11-17(32)8-7-14(18)5-3-13-4-6-16(19-27-30-31-28-19)10-15(13)2-1-9-25-12-26-29-24/h4,6-8,10-12,30-32H,1-2,9H2,(H,27,28)(H2,24,25,26). The van der Waals surface area contributed by atoms with Crippen molar-refractivity contribution in [1.82, 2.24) is 16.5 Å². The summed E-state index contributed by atoms with van der Waals surface area (Å²) in [5.74, 6) is 10.4. The lowest BCUT2D eigenvalue weighted by molar-refractivity contribution is -0.137. The van der Waals surface area contributed by atoms with E-state index in [4.69, 9.17) is 5.84 Å². The third-order valence-corrected chi connectivity index (χ3v) is 4.36. The minimum absolute atomic E-state index is 0.225. The minimum atomic E-state index is -4.64. The fourth-order valence-corrected chi connectivity index (χ4v) is 2.90. The second kappa shape index (κ2) is 10.3. The molecule has 0 saturated carbocycles. The van der Waals surface area contributed by atoms with Gasteiger partial charge in [0.2, 0.25) is 0 Å². The first-order valence-corrected chi connectivity index (χ1v) is 9.36. The first kappa shape index (κ1) is 22.6. The second-order valence-corrected chi connectivity index (χ2v) is 6.53. The van der Waals surface area contributed by atoms with Crippen molar-refractivity contribution in [2.45, 2.75) is 19.0 Å². The zero-order chi connectivity index (χ0) is 23.0. The Morgan fingerprint density at radius 3 is 2.62 bits per heavy atom. The van der Waals surface area contributed by atoms with E-state index in [0.717, 1.165) is 17.2 Å². The number of hydrogen-bond donors (Lipinski definition) is 5. The summed E-state index contributed by atoms with van der Waals surface area (Å²) in [6.45, 7) is 0.453. The average molecular weight is 444 g/mol. The third-order valence-electron chi connectivity index (χ3n) is 4.36. The van der Waals surface area contributed by atoms with E-state index in [1.165, 1.54) is 12.4 Å². The number of aromatic hydroxyl groups is 1. The molecule has 2 aromatic rings. The molecule has 3 rings (SSSR count). The van der Waals surface area contributed by atoms with E-state index in [1.807, 2.05) is 6.07 Å². The number of hydrazine groups is 2. The predicted molar refractivity (Wildman–Crippen MR) is 112 cm³/mol. The molecule has 0 unspecified atom stereocenters. The van der Waals surface area contributed by atoms with Crippen LogP contribution in [0.4, 0.5) is 13.2 Å². The van der Waals surface area contributed by atoms with E-state index in [-0.39, 0.29) is 5.56 Å². The maximum atomic E-state index is 13.3. The molecule has 1 aliphatic rings. The van der Waals surface area contributed by atoms with E-state index in [0.29, 0.717) is 36.9 Å². The molecule has 6 N–H and O–H groups in total. The fraction of sp³-hybridized carbons (Fsp3) is 0.200. The Morgan fingerprint density at radius 2 is 1.91 bits per heavy atom. The highest BCUT2D eigenvalue weighted by atomic mass is 19.4. The number of nitrogens with two attached hydrogens (primary N) is 1. The summed E-state index contributed by atoms with van der Waals surface area (Å²) in [5.41, 5.74) is 8.99. The highest BCUT2D eigenvalue weighted by molar-refractivity contribution is 5.99. The summed E-state index contributed by atoms with van der Waals surface area (Å²) in [4.78, 5) is 4.04. The number of amidine groups is 1. The molecule has 0 saturated heterocycles. The molecule has 32 heavy (non-hydrogen) atoms. The van der Waals surface area contributed by atoms with Gasteiger partial charge in [0.1, 0.15) is 12.1 Å². The molecule has 0 amide bonds. The monoisotopic (exact) mass is 444 g/mol. The Balaban J connectivity index is 1.91. The molecule has 1 aliphatic heterocycles. The van der Waals surface area contributed by atoms with Gasteiger partial charge in [0, 0.05) is 23.2 Å². The van der Waals surface area contributed by atoms with Crippen LogP contribution >= 0.6 is 0 Å². The van der Waals surface area contributed by atoms with Crippen LogP contribution in [-0.4, -0.2) is 23.8 Å². The van der Waals surface area contributed by atoms with Gasteiger partial charge in [0.05, 0.1) is 5.56 Å². The number of nitrogens with zero attached hydrogens (tertiary/aromatic N) is 4. The van der Waals surface area contributed by atoms with E-state index < -0.39 is 17.5 Å². The first-order chi connectivity index (χ1) is 15.4. The number of aryl methyl sites for hydroxylation is 1. The van der Waals surface area contributed by atoms with Gasteiger partial charge in [-0.25, -0.2) is 5.53 Å². The molecule has 2 aromatic carbocycles. The van der Waals surface area contributed by atoms with Crippen molar-refractivity contribution in [1.29, 1.82) is 0 Å².